The molecule has 0 radical (unpaired) electrons. The second kappa shape index (κ2) is 5.07. The molecule has 2 aromatic rings. The Balaban J connectivity index is 2.15. The van der Waals surface area contributed by atoms with Gasteiger partial charge in [0.2, 0.25) is 0 Å². The van der Waals surface area contributed by atoms with Crippen molar-refractivity contribution in [2.24, 2.45) is 10.9 Å². The second-order valence-electron chi connectivity index (χ2n) is 3.35. The molecule has 17 heavy (non-hydrogen) atoms. The Labute approximate surface area is 98.1 Å². The zero-order valence-electron chi connectivity index (χ0n) is 9.04. The van der Waals surface area contributed by atoms with E-state index < -0.39 is 0 Å². The van der Waals surface area contributed by atoms with Crippen molar-refractivity contribution in [3.63, 3.8) is 0 Å². The molecule has 0 fully saturated rings. The fourth-order valence-electron chi connectivity index (χ4n) is 1.40. The largest absolute Gasteiger partial charge is 0.485 e. The number of para-hydroxylation sites is 1. The van der Waals surface area contributed by atoms with Crippen LogP contribution in [-0.2, 0) is 6.61 Å². The molecule has 0 amide bonds. The minimum Gasteiger partial charge on any atom is -0.485 e. The molecule has 88 valence electrons. The maximum atomic E-state index is 8.65. The van der Waals surface area contributed by atoms with Gasteiger partial charge in [0.05, 0.1) is 11.8 Å². The van der Waals surface area contributed by atoms with Gasteiger partial charge < -0.3 is 20.1 Å². The second-order valence-corrected chi connectivity index (χ2v) is 3.35. The van der Waals surface area contributed by atoms with Gasteiger partial charge in [-0.1, -0.05) is 17.3 Å². The maximum Gasteiger partial charge on any atom is 0.173 e. The molecule has 0 bridgehead atoms. The molecule has 0 unspecified atom stereocenters. The first-order valence-electron chi connectivity index (χ1n) is 5.03. The molecular weight excluding hydrogens is 220 g/mol. The summed E-state index contributed by atoms with van der Waals surface area (Å²) in [5.41, 5.74) is 6.08. The molecule has 0 aliphatic carbocycles. The van der Waals surface area contributed by atoms with Gasteiger partial charge in [-0.25, -0.2) is 0 Å². The van der Waals surface area contributed by atoms with E-state index in [1.165, 1.54) is 0 Å². The van der Waals surface area contributed by atoms with Crippen molar-refractivity contribution in [3.05, 3.63) is 54.0 Å². The number of hydrogen-bond acceptors (Lipinski definition) is 4. The van der Waals surface area contributed by atoms with Gasteiger partial charge in [-0.3, -0.25) is 0 Å². The fraction of sp³-hybridized carbons (Fsp3) is 0.0833. The number of nitrogens with two attached hydrogens (primary N) is 1. The van der Waals surface area contributed by atoms with E-state index in [0.717, 1.165) is 0 Å². The average molecular weight is 232 g/mol. The van der Waals surface area contributed by atoms with E-state index in [1.54, 1.807) is 30.5 Å². The van der Waals surface area contributed by atoms with Crippen molar-refractivity contribution < 1.29 is 14.4 Å². The minimum absolute atomic E-state index is 0.0139. The van der Waals surface area contributed by atoms with Gasteiger partial charge in [-0.05, 0) is 24.3 Å². The molecule has 1 heterocycles. The summed E-state index contributed by atoms with van der Waals surface area (Å²) >= 11 is 0. The topological polar surface area (TPSA) is 81.0 Å². The lowest BCUT2D eigenvalue weighted by Crippen LogP contribution is -2.14. The van der Waals surface area contributed by atoms with Gasteiger partial charge in [0, 0.05) is 0 Å². The van der Waals surface area contributed by atoms with Gasteiger partial charge in [-0.15, -0.1) is 0 Å². The van der Waals surface area contributed by atoms with Crippen LogP contribution in [0.1, 0.15) is 11.3 Å². The van der Waals surface area contributed by atoms with Crippen molar-refractivity contribution >= 4 is 5.84 Å². The Kier molecular flexibility index (Phi) is 3.30. The summed E-state index contributed by atoms with van der Waals surface area (Å²) in [5.74, 6) is 1.26. The van der Waals surface area contributed by atoms with Gasteiger partial charge in [0.25, 0.3) is 0 Å². The van der Waals surface area contributed by atoms with Gasteiger partial charge >= 0.3 is 0 Å². The number of ether oxygens (including phenoxy) is 1. The molecule has 5 heteroatoms. The summed E-state index contributed by atoms with van der Waals surface area (Å²) in [6.07, 6.45) is 1.58. The third-order valence-electron chi connectivity index (χ3n) is 2.22. The molecule has 0 aliphatic heterocycles. The molecule has 0 saturated carbocycles. The van der Waals surface area contributed by atoms with Gasteiger partial charge in [0.1, 0.15) is 18.1 Å². The summed E-state index contributed by atoms with van der Waals surface area (Å²) in [5, 5.41) is 11.6. The number of benzene rings is 1. The number of amidine groups is 1. The number of rotatable bonds is 4. The van der Waals surface area contributed by atoms with Crippen LogP contribution in [0.3, 0.4) is 0 Å². The predicted octanol–water partition coefficient (Wildman–Crippen LogP) is 1.95. The molecule has 0 aliphatic rings. The molecule has 0 spiro atoms. The Morgan fingerprint density at radius 2 is 2.12 bits per heavy atom. The zero-order valence-corrected chi connectivity index (χ0v) is 9.04. The molecule has 2 rings (SSSR count). The van der Waals surface area contributed by atoms with E-state index in [2.05, 4.69) is 5.16 Å². The normalized spacial score (nSPS) is 11.4. The first-order valence-corrected chi connectivity index (χ1v) is 5.03. The van der Waals surface area contributed by atoms with Crippen LogP contribution < -0.4 is 10.5 Å². The van der Waals surface area contributed by atoms with E-state index in [4.69, 9.17) is 20.1 Å². The molecule has 0 atom stereocenters. The number of hydrogen-bond donors (Lipinski definition) is 2. The minimum atomic E-state index is 0.0139. The first kappa shape index (κ1) is 11.1. The first-order chi connectivity index (χ1) is 8.31. The smallest absolute Gasteiger partial charge is 0.173 e. The average Bonchev–Trinajstić information content (AvgIpc) is 2.89. The summed E-state index contributed by atoms with van der Waals surface area (Å²) in [6, 6.07) is 10.7. The van der Waals surface area contributed by atoms with E-state index in [1.807, 2.05) is 12.1 Å². The number of furan rings is 1. The highest BCUT2D eigenvalue weighted by Gasteiger charge is 2.07. The lowest BCUT2D eigenvalue weighted by atomic mass is 10.2. The quantitative estimate of drug-likeness (QED) is 0.365. The van der Waals surface area contributed by atoms with Crippen molar-refractivity contribution in [1.82, 2.24) is 0 Å². The van der Waals surface area contributed by atoms with Crippen LogP contribution in [0.15, 0.2) is 52.2 Å². The van der Waals surface area contributed by atoms with Crippen LogP contribution >= 0.6 is 0 Å². The third-order valence-corrected chi connectivity index (χ3v) is 2.22. The van der Waals surface area contributed by atoms with Gasteiger partial charge in [0.15, 0.2) is 5.84 Å². The highest BCUT2D eigenvalue weighted by Crippen LogP contribution is 2.19. The third kappa shape index (κ3) is 2.57. The summed E-state index contributed by atoms with van der Waals surface area (Å²) in [6.45, 7) is 0.294. The number of oxime groups is 1. The molecule has 1 aromatic heterocycles. The molecular formula is C12H12N2O3. The van der Waals surface area contributed by atoms with Crippen LogP contribution in [-0.4, -0.2) is 11.0 Å². The van der Waals surface area contributed by atoms with E-state index >= 15 is 0 Å². The molecule has 1 aromatic carbocycles. The summed E-state index contributed by atoms with van der Waals surface area (Å²) in [4.78, 5) is 0. The van der Waals surface area contributed by atoms with E-state index in [-0.39, 0.29) is 5.84 Å². The van der Waals surface area contributed by atoms with Crippen molar-refractivity contribution in [2.75, 3.05) is 0 Å². The highest BCUT2D eigenvalue weighted by molar-refractivity contribution is 5.99. The highest BCUT2D eigenvalue weighted by atomic mass is 16.5. The van der Waals surface area contributed by atoms with Crippen LogP contribution in [0.2, 0.25) is 0 Å². The number of nitrogens with zero attached hydrogens (tertiary/aromatic N) is 1. The Bertz CT molecular complexity index is 506. The monoisotopic (exact) mass is 232 g/mol. The van der Waals surface area contributed by atoms with Gasteiger partial charge in [-0.2, -0.15) is 0 Å². The molecule has 3 N–H and O–H groups in total. The van der Waals surface area contributed by atoms with Crippen molar-refractivity contribution in [1.29, 1.82) is 0 Å². The van der Waals surface area contributed by atoms with Crippen LogP contribution in [0.4, 0.5) is 0 Å². The Hall–Kier alpha value is -2.43. The summed E-state index contributed by atoms with van der Waals surface area (Å²) in [7, 11) is 0. The lowest BCUT2D eigenvalue weighted by Gasteiger charge is -2.08. The van der Waals surface area contributed by atoms with E-state index in [9.17, 15) is 0 Å². The Morgan fingerprint density at radius 1 is 1.29 bits per heavy atom. The lowest BCUT2D eigenvalue weighted by molar-refractivity contribution is 0.269. The van der Waals surface area contributed by atoms with Crippen molar-refractivity contribution in [2.45, 2.75) is 6.61 Å². The van der Waals surface area contributed by atoms with Crippen LogP contribution in [0.25, 0.3) is 0 Å². The molecule has 5 nitrogen and oxygen atoms in total. The Morgan fingerprint density at radius 3 is 2.82 bits per heavy atom. The zero-order chi connectivity index (χ0) is 12.1. The molecule has 0 saturated heterocycles. The fourth-order valence-corrected chi connectivity index (χ4v) is 1.40. The SMILES string of the molecule is N/C(=N\O)c1ccccc1OCc1ccco1. The van der Waals surface area contributed by atoms with E-state index in [0.29, 0.717) is 23.7 Å². The summed E-state index contributed by atoms with van der Waals surface area (Å²) < 4.78 is 10.7. The van der Waals surface area contributed by atoms with Crippen LogP contribution in [0.5, 0.6) is 5.75 Å². The maximum absolute atomic E-state index is 8.65. The predicted molar refractivity (Wildman–Crippen MR) is 62.0 cm³/mol. The van der Waals surface area contributed by atoms with Crippen LogP contribution in [0, 0.1) is 0 Å². The van der Waals surface area contributed by atoms with Crippen molar-refractivity contribution in [3.8, 4) is 5.75 Å². The standard InChI is InChI=1S/C12H12N2O3/c13-12(14-15)10-5-1-2-6-11(10)17-8-9-4-3-7-16-9/h1-7,15H,8H2,(H2,13,14).